The molecule has 0 aliphatic rings. The number of esters is 1. The van der Waals surface area contributed by atoms with Crippen LogP contribution in [0.2, 0.25) is 0 Å². The number of anilines is 1. The monoisotopic (exact) mass is 419 g/mol. The van der Waals surface area contributed by atoms with Gasteiger partial charge in [0.25, 0.3) is 11.5 Å². The highest BCUT2D eigenvalue weighted by Gasteiger charge is 2.11. The molecule has 0 saturated heterocycles. The highest BCUT2D eigenvalue weighted by atomic mass is 32.1. The van der Waals surface area contributed by atoms with Crippen LogP contribution in [0, 0.1) is 6.92 Å². The van der Waals surface area contributed by atoms with Crippen molar-refractivity contribution in [3.8, 4) is 0 Å². The molecule has 0 radical (unpaired) electrons. The van der Waals surface area contributed by atoms with Gasteiger partial charge in [-0.25, -0.2) is 9.78 Å². The van der Waals surface area contributed by atoms with E-state index in [4.69, 9.17) is 4.74 Å². The van der Waals surface area contributed by atoms with Gasteiger partial charge >= 0.3 is 5.97 Å². The van der Waals surface area contributed by atoms with Gasteiger partial charge in [0.15, 0.2) is 0 Å². The van der Waals surface area contributed by atoms with Crippen LogP contribution in [0.15, 0.2) is 70.8 Å². The van der Waals surface area contributed by atoms with Gasteiger partial charge in [-0.2, -0.15) is 0 Å². The van der Waals surface area contributed by atoms with Crippen molar-refractivity contribution in [2.45, 2.75) is 13.5 Å². The van der Waals surface area contributed by atoms with E-state index in [1.165, 1.54) is 21.8 Å². The molecular weight excluding hydrogens is 402 g/mol. The SMILES string of the molecule is Cc1cccc2nc(COC(=O)c3ccc(NC(=O)c4cccs4)cc3)cc(=O)n12. The Bertz CT molecular complexity index is 1280. The van der Waals surface area contributed by atoms with E-state index in [0.717, 1.165) is 5.69 Å². The normalized spacial score (nSPS) is 10.7. The Morgan fingerprint density at radius 3 is 2.63 bits per heavy atom. The molecule has 4 rings (SSSR count). The van der Waals surface area contributed by atoms with Crippen molar-refractivity contribution in [3.05, 3.63) is 98.2 Å². The van der Waals surface area contributed by atoms with Crippen molar-refractivity contribution in [2.24, 2.45) is 0 Å². The zero-order valence-corrected chi connectivity index (χ0v) is 16.8. The van der Waals surface area contributed by atoms with Gasteiger partial charge in [0.2, 0.25) is 0 Å². The highest BCUT2D eigenvalue weighted by Crippen LogP contribution is 2.15. The fourth-order valence-corrected chi connectivity index (χ4v) is 3.57. The number of pyridine rings is 1. The Hall–Kier alpha value is -3.78. The summed E-state index contributed by atoms with van der Waals surface area (Å²) in [5.74, 6) is -0.749. The number of carbonyl (C=O) groups excluding carboxylic acids is 2. The van der Waals surface area contributed by atoms with Gasteiger partial charge < -0.3 is 10.1 Å². The van der Waals surface area contributed by atoms with E-state index in [1.807, 2.05) is 24.4 Å². The van der Waals surface area contributed by atoms with E-state index in [0.29, 0.717) is 27.5 Å². The second kappa shape index (κ2) is 8.30. The smallest absolute Gasteiger partial charge is 0.338 e. The predicted molar refractivity (Wildman–Crippen MR) is 114 cm³/mol. The van der Waals surface area contributed by atoms with Crippen LogP contribution in [0.3, 0.4) is 0 Å². The standard InChI is InChI=1S/C22H17N3O4S/c1-14-4-2-6-19-23-17(12-20(26)25(14)19)13-29-22(28)15-7-9-16(10-8-15)24-21(27)18-5-3-11-30-18/h2-12H,13H2,1H3,(H,24,27). The minimum absolute atomic E-state index is 0.116. The summed E-state index contributed by atoms with van der Waals surface area (Å²) in [6.45, 7) is 1.71. The fraction of sp³-hybridized carbons (Fsp3) is 0.0909. The lowest BCUT2D eigenvalue weighted by Crippen LogP contribution is -2.18. The number of amides is 1. The van der Waals surface area contributed by atoms with E-state index in [9.17, 15) is 14.4 Å². The molecule has 150 valence electrons. The molecule has 3 heterocycles. The van der Waals surface area contributed by atoms with E-state index in [2.05, 4.69) is 10.3 Å². The van der Waals surface area contributed by atoms with Gasteiger partial charge in [-0.15, -0.1) is 11.3 Å². The Balaban J connectivity index is 1.41. The third-order valence-corrected chi connectivity index (χ3v) is 5.28. The summed E-state index contributed by atoms with van der Waals surface area (Å²) in [7, 11) is 0. The lowest BCUT2D eigenvalue weighted by Gasteiger charge is -2.08. The summed E-state index contributed by atoms with van der Waals surface area (Å²) in [5, 5.41) is 4.60. The zero-order valence-electron chi connectivity index (χ0n) is 16.0. The van der Waals surface area contributed by atoms with Crippen molar-refractivity contribution in [3.63, 3.8) is 0 Å². The fourth-order valence-electron chi connectivity index (χ4n) is 2.95. The number of hydrogen-bond donors (Lipinski definition) is 1. The Kier molecular flexibility index (Phi) is 5.40. The van der Waals surface area contributed by atoms with E-state index >= 15 is 0 Å². The molecule has 30 heavy (non-hydrogen) atoms. The molecule has 0 bridgehead atoms. The summed E-state index contributed by atoms with van der Waals surface area (Å²) < 4.78 is 6.79. The van der Waals surface area contributed by atoms with Crippen LogP contribution in [-0.4, -0.2) is 21.3 Å². The van der Waals surface area contributed by atoms with Crippen molar-refractivity contribution < 1.29 is 14.3 Å². The molecule has 0 fully saturated rings. The third kappa shape index (κ3) is 4.13. The van der Waals surface area contributed by atoms with Crippen molar-refractivity contribution in [1.82, 2.24) is 9.38 Å². The number of nitrogens with one attached hydrogen (secondary N) is 1. The summed E-state index contributed by atoms with van der Waals surface area (Å²) in [6.07, 6.45) is 0. The molecule has 1 amide bonds. The van der Waals surface area contributed by atoms with Crippen molar-refractivity contribution in [1.29, 1.82) is 0 Å². The quantitative estimate of drug-likeness (QED) is 0.499. The molecule has 0 spiro atoms. The van der Waals surface area contributed by atoms with Gasteiger partial charge in [0.1, 0.15) is 12.3 Å². The van der Waals surface area contributed by atoms with Crippen LogP contribution >= 0.6 is 11.3 Å². The average Bonchev–Trinajstić information content (AvgIpc) is 3.27. The van der Waals surface area contributed by atoms with Gasteiger partial charge in [-0.3, -0.25) is 14.0 Å². The lowest BCUT2D eigenvalue weighted by molar-refractivity contribution is 0.0467. The number of nitrogens with zero attached hydrogens (tertiary/aromatic N) is 2. The largest absolute Gasteiger partial charge is 0.456 e. The number of fused-ring (bicyclic) bond motifs is 1. The summed E-state index contributed by atoms with van der Waals surface area (Å²) in [5.41, 5.74) is 2.33. The maximum atomic E-state index is 12.3. The molecule has 1 N–H and O–H groups in total. The Morgan fingerprint density at radius 1 is 1.10 bits per heavy atom. The van der Waals surface area contributed by atoms with E-state index < -0.39 is 5.97 Å². The first-order valence-electron chi connectivity index (χ1n) is 9.11. The van der Waals surface area contributed by atoms with Crippen molar-refractivity contribution >= 4 is 34.5 Å². The van der Waals surface area contributed by atoms with Crippen LogP contribution in [0.5, 0.6) is 0 Å². The van der Waals surface area contributed by atoms with E-state index in [-0.39, 0.29) is 18.1 Å². The summed E-state index contributed by atoms with van der Waals surface area (Å²) >= 11 is 1.35. The molecule has 0 atom stereocenters. The van der Waals surface area contributed by atoms with Gasteiger partial charge in [-0.1, -0.05) is 12.1 Å². The molecule has 0 saturated carbocycles. The van der Waals surface area contributed by atoms with Gasteiger partial charge in [0, 0.05) is 17.4 Å². The maximum Gasteiger partial charge on any atom is 0.338 e. The molecule has 1 aromatic carbocycles. The van der Waals surface area contributed by atoms with Gasteiger partial charge in [0.05, 0.1) is 16.1 Å². The molecule has 7 nitrogen and oxygen atoms in total. The number of hydrogen-bond acceptors (Lipinski definition) is 6. The maximum absolute atomic E-state index is 12.3. The number of aromatic nitrogens is 2. The molecule has 0 aliphatic carbocycles. The molecule has 3 aromatic heterocycles. The number of thiophene rings is 1. The second-order valence-corrected chi connectivity index (χ2v) is 7.48. The highest BCUT2D eigenvalue weighted by molar-refractivity contribution is 7.12. The number of rotatable bonds is 5. The topological polar surface area (TPSA) is 89.8 Å². The lowest BCUT2D eigenvalue weighted by atomic mass is 10.2. The van der Waals surface area contributed by atoms with Gasteiger partial charge in [-0.05, 0) is 54.8 Å². The first-order chi connectivity index (χ1) is 14.5. The number of aryl methyl sites for hydroxylation is 1. The summed E-state index contributed by atoms with van der Waals surface area (Å²) in [6, 6.07) is 16.7. The summed E-state index contributed by atoms with van der Waals surface area (Å²) in [4.78, 5) is 41.7. The minimum Gasteiger partial charge on any atom is -0.456 e. The average molecular weight is 419 g/mol. The minimum atomic E-state index is -0.544. The first kappa shape index (κ1) is 19.5. The predicted octanol–water partition coefficient (Wildman–Crippen LogP) is 3.67. The number of carbonyl (C=O) groups is 2. The van der Waals surface area contributed by atoms with Crippen LogP contribution in [0.1, 0.15) is 31.4 Å². The van der Waals surface area contributed by atoms with Crippen LogP contribution in [0.4, 0.5) is 5.69 Å². The van der Waals surface area contributed by atoms with Crippen LogP contribution in [0.25, 0.3) is 5.65 Å². The Labute approximate surface area is 175 Å². The molecule has 0 aliphatic heterocycles. The first-order valence-corrected chi connectivity index (χ1v) is 9.99. The third-order valence-electron chi connectivity index (χ3n) is 4.41. The van der Waals surface area contributed by atoms with Crippen molar-refractivity contribution in [2.75, 3.05) is 5.32 Å². The number of ether oxygens (including phenoxy) is 1. The van der Waals surface area contributed by atoms with E-state index in [1.54, 1.807) is 42.5 Å². The molecule has 0 unspecified atom stereocenters. The second-order valence-electron chi connectivity index (χ2n) is 6.53. The zero-order chi connectivity index (χ0) is 21.1. The van der Waals surface area contributed by atoms with Crippen LogP contribution < -0.4 is 10.9 Å². The Morgan fingerprint density at radius 2 is 1.90 bits per heavy atom. The number of benzene rings is 1. The molecule has 4 aromatic rings. The van der Waals surface area contributed by atoms with Crippen LogP contribution in [-0.2, 0) is 11.3 Å². The molecule has 8 heteroatoms. The molecular formula is C22H17N3O4S.